The third kappa shape index (κ3) is 22.4. The lowest BCUT2D eigenvalue weighted by molar-refractivity contribution is 0.929. The maximum absolute atomic E-state index is 3.89. The molecule has 0 radical (unpaired) electrons. The van der Waals surface area contributed by atoms with Gasteiger partial charge in [0, 0.05) is 0 Å². The lowest BCUT2D eigenvalue weighted by atomic mass is 10.1. The fourth-order valence-corrected chi connectivity index (χ4v) is 0.665. The minimum Gasteiger partial charge on any atom is -0.106 e. The van der Waals surface area contributed by atoms with Crippen LogP contribution in [-0.2, 0) is 0 Å². The van der Waals surface area contributed by atoms with E-state index in [1.54, 1.807) is 0 Å². The minimum absolute atomic E-state index is 1.08. The molecule has 0 aliphatic rings. The molecule has 0 atom stereocenters. The highest BCUT2D eigenvalue weighted by atomic mass is 13.9. The Hall–Kier alpha value is -1.04. The van der Waals surface area contributed by atoms with Crippen molar-refractivity contribution in [2.45, 2.75) is 40.5 Å². The summed E-state index contributed by atoms with van der Waals surface area (Å²) in [4.78, 5) is 0. The Morgan fingerprint density at radius 2 is 1.50 bits per heavy atom. The Balaban J connectivity index is -0.000000266. The molecule has 0 aromatic heterocycles. The Morgan fingerprint density at radius 1 is 1.07 bits per heavy atom. The fraction of sp³-hybridized carbons (Fsp3) is 0.429. The number of hydrogen-bond donors (Lipinski definition) is 0. The highest BCUT2D eigenvalue weighted by Gasteiger charge is 1.83. The van der Waals surface area contributed by atoms with Gasteiger partial charge in [-0.1, -0.05) is 63.6 Å². The van der Waals surface area contributed by atoms with Crippen LogP contribution < -0.4 is 0 Å². The second-order valence-corrected chi connectivity index (χ2v) is 2.59. The standard InChI is InChI=1S/C10H16.C2H6.C2H4/c1-5-6-10(4)8-7-9(2)3;2*1-2/h7-8H,2,4-6H2,1,3H3;1-2H3;1-2H2/b8-7-;;. The first-order chi connectivity index (χ1) is 6.66. The minimum atomic E-state index is 1.08. The van der Waals surface area contributed by atoms with Crippen LogP contribution in [0.15, 0.2) is 49.6 Å². The monoisotopic (exact) mass is 194 g/mol. The van der Waals surface area contributed by atoms with Gasteiger partial charge in [-0.3, -0.25) is 0 Å². The molecule has 0 aromatic rings. The van der Waals surface area contributed by atoms with Gasteiger partial charge < -0.3 is 0 Å². The third-order valence-electron chi connectivity index (χ3n) is 1.17. The third-order valence-corrected chi connectivity index (χ3v) is 1.17. The van der Waals surface area contributed by atoms with Crippen molar-refractivity contribution in [2.75, 3.05) is 0 Å². The van der Waals surface area contributed by atoms with E-state index in [1.807, 2.05) is 32.9 Å². The molecular formula is C14H26. The predicted molar refractivity (Wildman–Crippen MR) is 70.6 cm³/mol. The zero-order valence-corrected chi connectivity index (χ0v) is 10.4. The highest BCUT2D eigenvalue weighted by molar-refractivity contribution is 5.22. The largest absolute Gasteiger partial charge is 0.106 e. The zero-order valence-electron chi connectivity index (χ0n) is 10.4. The van der Waals surface area contributed by atoms with E-state index < -0.39 is 0 Å². The van der Waals surface area contributed by atoms with E-state index in [0.717, 1.165) is 12.0 Å². The van der Waals surface area contributed by atoms with Crippen LogP contribution in [-0.4, -0.2) is 0 Å². The molecule has 0 nitrogen and oxygen atoms in total. The first-order valence-corrected chi connectivity index (χ1v) is 5.18. The van der Waals surface area contributed by atoms with Crippen molar-refractivity contribution in [1.82, 2.24) is 0 Å². The van der Waals surface area contributed by atoms with Gasteiger partial charge in [0.2, 0.25) is 0 Å². The Kier molecular flexibility index (Phi) is 23.9. The van der Waals surface area contributed by atoms with Crippen molar-refractivity contribution < 1.29 is 0 Å². The maximum Gasteiger partial charge on any atom is -0.0287 e. The molecule has 0 heteroatoms. The van der Waals surface area contributed by atoms with Crippen LogP contribution in [0, 0.1) is 0 Å². The Morgan fingerprint density at radius 3 is 1.79 bits per heavy atom. The smallest absolute Gasteiger partial charge is 0.0287 e. The van der Waals surface area contributed by atoms with E-state index in [9.17, 15) is 0 Å². The summed E-state index contributed by atoms with van der Waals surface area (Å²) in [5.41, 5.74) is 2.27. The summed E-state index contributed by atoms with van der Waals surface area (Å²) in [5.74, 6) is 0. The number of rotatable bonds is 4. The van der Waals surface area contributed by atoms with Crippen LogP contribution in [0.4, 0.5) is 0 Å². The van der Waals surface area contributed by atoms with Crippen LogP contribution in [0.5, 0.6) is 0 Å². The van der Waals surface area contributed by atoms with Gasteiger partial charge >= 0.3 is 0 Å². The zero-order chi connectivity index (χ0) is 12.0. The molecule has 0 N–H and O–H groups in total. The summed E-state index contributed by atoms with van der Waals surface area (Å²) >= 11 is 0. The summed E-state index contributed by atoms with van der Waals surface area (Å²) in [7, 11) is 0. The SMILES string of the molecule is C=C.C=C(C)/C=C\C(=C)CCC.CC. The summed E-state index contributed by atoms with van der Waals surface area (Å²) in [6, 6.07) is 0. The van der Waals surface area contributed by atoms with Gasteiger partial charge in [-0.25, -0.2) is 0 Å². The molecule has 0 saturated heterocycles. The van der Waals surface area contributed by atoms with Crippen LogP contribution in [0.3, 0.4) is 0 Å². The summed E-state index contributed by atoms with van der Waals surface area (Å²) < 4.78 is 0. The van der Waals surface area contributed by atoms with E-state index in [4.69, 9.17) is 0 Å². The van der Waals surface area contributed by atoms with Crippen LogP contribution >= 0.6 is 0 Å². The summed E-state index contributed by atoms with van der Waals surface area (Å²) in [6.45, 7) is 21.8. The maximum atomic E-state index is 3.89. The van der Waals surface area contributed by atoms with Crippen LogP contribution in [0.25, 0.3) is 0 Å². The normalized spacial score (nSPS) is 8.00. The molecule has 0 heterocycles. The second-order valence-electron chi connectivity index (χ2n) is 2.59. The Labute approximate surface area is 90.7 Å². The average molecular weight is 194 g/mol. The van der Waals surface area contributed by atoms with Gasteiger partial charge in [0.15, 0.2) is 0 Å². The second kappa shape index (κ2) is 17.9. The van der Waals surface area contributed by atoms with Crippen molar-refractivity contribution in [1.29, 1.82) is 0 Å². The van der Waals surface area contributed by atoms with Gasteiger partial charge in [-0.2, -0.15) is 0 Å². The molecule has 0 unspecified atom stereocenters. The van der Waals surface area contributed by atoms with E-state index >= 15 is 0 Å². The van der Waals surface area contributed by atoms with E-state index in [1.165, 1.54) is 12.0 Å². The topological polar surface area (TPSA) is 0 Å². The van der Waals surface area contributed by atoms with Gasteiger partial charge in [0.1, 0.15) is 0 Å². The molecule has 0 aromatic carbocycles. The van der Waals surface area contributed by atoms with Crippen molar-refractivity contribution in [3.63, 3.8) is 0 Å². The van der Waals surface area contributed by atoms with Crippen molar-refractivity contribution in [3.8, 4) is 0 Å². The first kappa shape index (κ1) is 18.7. The molecule has 0 fully saturated rings. The van der Waals surface area contributed by atoms with Crippen LogP contribution in [0.1, 0.15) is 40.5 Å². The lowest BCUT2D eigenvalue weighted by Crippen LogP contribution is -1.73. The lowest BCUT2D eigenvalue weighted by Gasteiger charge is -1.93. The number of hydrogen-bond acceptors (Lipinski definition) is 0. The van der Waals surface area contributed by atoms with E-state index in [2.05, 4.69) is 33.2 Å². The molecule has 82 valence electrons. The molecule has 0 spiro atoms. The fourth-order valence-electron chi connectivity index (χ4n) is 0.665. The first-order valence-electron chi connectivity index (χ1n) is 5.18. The molecule has 0 aliphatic heterocycles. The van der Waals surface area contributed by atoms with Crippen molar-refractivity contribution in [3.05, 3.63) is 49.6 Å². The van der Waals surface area contributed by atoms with Crippen molar-refractivity contribution in [2.24, 2.45) is 0 Å². The average Bonchev–Trinajstić information content (AvgIpc) is 2.21. The number of allylic oxidation sites excluding steroid dienone is 4. The molecule has 0 rings (SSSR count). The Bertz CT molecular complexity index is 161. The molecule has 14 heavy (non-hydrogen) atoms. The highest BCUT2D eigenvalue weighted by Crippen LogP contribution is 2.04. The van der Waals surface area contributed by atoms with Crippen LogP contribution in [0.2, 0.25) is 0 Å². The predicted octanol–water partition coefficient (Wildman–Crippen LogP) is 5.30. The molecule has 0 bridgehead atoms. The van der Waals surface area contributed by atoms with Gasteiger partial charge in [0.25, 0.3) is 0 Å². The molecule has 0 amide bonds. The molecule has 0 aliphatic carbocycles. The quantitative estimate of drug-likeness (QED) is 0.420. The van der Waals surface area contributed by atoms with Crippen molar-refractivity contribution >= 4 is 0 Å². The van der Waals surface area contributed by atoms with E-state index in [-0.39, 0.29) is 0 Å². The van der Waals surface area contributed by atoms with Gasteiger partial charge in [0.05, 0.1) is 0 Å². The molecular weight excluding hydrogens is 168 g/mol. The van der Waals surface area contributed by atoms with E-state index in [0.29, 0.717) is 0 Å². The molecule has 0 saturated carbocycles. The summed E-state index contributed by atoms with van der Waals surface area (Å²) in [5, 5.41) is 0. The van der Waals surface area contributed by atoms with Gasteiger partial charge in [-0.05, 0) is 13.3 Å². The summed E-state index contributed by atoms with van der Waals surface area (Å²) in [6.07, 6.45) is 6.28. The van der Waals surface area contributed by atoms with Gasteiger partial charge in [-0.15, -0.1) is 13.2 Å².